The summed E-state index contributed by atoms with van der Waals surface area (Å²) in [4.78, 5) is 1.20. The van der Waals surface area contributed by atoms with Crippen LogP contribution in [0.1, 0.15) is 41.1 Å². The second-order valence-corrected chi connectivity index (χ2v) is 7.35. The highest BCUT2D eigenvalue weighted by molar-refractivity contribution is 7.98. The van der Waals surface area contributed by atoms with Gasteiger partial charge in [-0.2, -0.15) is 13.2 Å². The Balaban J connectivity index is 1.72. The Labute approximate surface area is 156 Å². The normalized spacial score (nSPS) is 16.8. The topological polar surface area (TPSA) is 12.0 Å². The molecule has 0 saturated carbocycles. The lowest BCUT2D eigenvalue weighted by Gasteiger charge is -2.27. The fraction of sp³-hybridized carbons (Fsp3) is 0.333. The Morgan fingerprint density at radius 1 is 1.15 bits per heavy atom. The molecule has 5 heteroatoms. The van der Waals surface area contributed by atoms with Crippen LogP contribution in [0.4, 0.5) is 13.2 Å². The molecular weight excluding hydrogens is 355 g/mol. The average Bonchev–Trinajstić information content (AvgIpc) is 2.64. The monoisotopic (exact) mass is 375 g/mol. The molecule has 0 spiro atoms. The van der Waals surface area contributed by atoms with Crippen LogP contribution in [0.3, 0.4) is 0 Å². The van der Waals surface area contributed by atoms with Gasteiger partial charge < -0.3 is 0 Å². The summed E-state index contributed by atoms with van der Waals surface area (Å²) in [6, 6.07) is 12.0. The summed E-state index contributed by atoms with van der Waals surface area (Å²) in [6.45, 7) is 0.549. The Bertz CT molecular complexity index is 790. The van der Waals surface area contributed by atoms with E-state index in [0.29, 0.717) is 12.3 Å². The summed E-state index contributed by atoms with van der Waals surface area (Å²) in [5.41, 5.74) is 2.92. The summed E-state index contributed by atoms with van der Waals surface area (Å²) < 4.78 is 38.0. The summed E-state index contributed by atoms with van der Waals surface area (Å²) in [6.07, 6.45) is 4.27. The molecule has 1 nitrogen and oxygen atoms in total. The number of alkyl halides is 3. The third kappa shape index (κ3) is 4.44. The van der Waals surface area contributed by atoms with E-state index in [1.807, 2.05) is 6.07 Å². The van der Waals surface area contributed by atoms with E-state index in [2.05, 4.69) is 23.4 Å². The van der Waals surface area contributed by atoms with Gasteiger partial charge in [0.2, 0.25) is 0 Å². The molecule has 136 valence electrons. The van der Waals surface area contributed by atoms with E-state index in [1.54, 1.807) is 23.9 Å². The predicted octanol–water partition coefficient (Wildman–Crippen LogP) is 5.60. The number of thioether (sulfide) groups is 1. The fourth-order valence-corrected chi connectivity index (χ4v) is 4.38. The van der Waals surface area contributed by atoms with Crippen LogP contribution < -0.4 is 5.32 Å². The van der Waals surface area contributed by atoms with Crippen molar-refractivity contribution in [1.82, 2.24) is 5.32 Å². The van der Waals surface area contributed by atoms with Gasteiger partial charge in [-0.3, -0.25) is 5.32 Å². The average molecular weight is 375 g/mol. The van der Waals surface area contributed by atoms with Crippen LogP contribution in [0.15, 0.2) is 47.4 Å². The molecule has 1 atom stereocenters. The zero-order chi connectivity index (χ0) is 18.6. The molecule has 0 saturated heterocycles. The smallest absolute Gasteiger partial charge is 0.299 e. The minimum atomic E-state index is -4.29. The molecule has 0 bridgehead atoms. The molecule has 1 aliphatic carbocycles. The number of halogens is 3. The number of benzene rings is 2. The summed E-state index contributed by atoms with van der Waals surface area (Å²) in [5.74, 6) is 3.28. The van der Waals surface area contributed by atoms with Gasteiger partial charge in [0, 0.05) is 16.7 Å². The SMILES string of the molecule is C#CCNC1CCCc2c(SCc3ccc(C(F)(F)F)cc3)cccc21. The minimum Gasteiger partial charge on any atom is -0.299 e. The van der Waals surface area contributed by atoms with Crippen molar-refractivity contribution in [2.45, 2.75) is 42.1 Å². The standard InChI is InChI=1S/C21H20F3NS/c1-2-13-25-19-7-3-6-18-17(19)5-4-8-20(18)26-14-15-9-11-16(12-10-15)21(22,23)24/h1,4-5,8-12,19,25H,3,6-7,13-14H2. The van der Waals surface area contributed by atoms with Crippen molar-refractivity contribution in [2.24, 2.45) is 0 Å². The highest BCUT2D eigenvalue weighted by Crippen LogP contribution is 2.37. The Kier molecular flexibility index (Phi) is 5.95. The molecular formula is C21H20F3NS. The predicted molar refractivity (Wildman–Crippen MR) is 100.0 cm³/mol. The van der Waals surface area contributed by atoms with E-state index in [0.717, 1.165) is 37.0 Å². The van der Waals surface area contributed by atoms with Crippen LogP contribution in [0.5, 0.6) is 0 Å². The molecule has 0 aromatic heterocycles. The van der Waals surface area contributed by atoms with Crippen LogP contribution >= 0.6 is 11.8 Å². The first kappa shape index (κ1) is 18.9. The molecule has 2 aromatic carbocycles. The van der Waals surface area contributed by atoms with Gasteiger partial charge in [-0.05, 0) is 54.2 Å². The maximum absolute atomic E-state index is 12.7. The van der Waals surface area contributed by atoms with Crippen molar-refractivity contribution in [3.8, 4) is 12.3 Å². The Hall–Kier alpha value is -1.90. The maximum atomic E-state index is 12.7. The number of terminal acetylenes is 1. The van der Waals surface area contributed by atoms with Gasteiger partial charge in [0.1, 0.15) is 0 Å². The molecule has 0 aliphatic heterocycles. The van der Waals surface area contributed by atoms with Crippen molar-refractivity contribution >= 4 is 11.8 Å². The van der Waals surface area contributed by atoms with E-state index in [-0.39, 0.29) is 6.04 Å². The van der Waals surface area contributed by atoms with Crippen LogP contribution in [0.2, 0.25) is 0 Å². The third-order valence-electron chi connectivity index (χ3n) is 4.59. The quantitative estimate of drug-likeness (QED) is 0.539. The van der Waals surface area contributed by atoms with Gasteiger partial charge in [0.05, 0.1) is 12.1 Å². The van der Waals surface area contributed by atoms with Crippen LogP contribution in [0, 0.1) is 12.3 Å². The fourth-order valence-electron chi connectivity index (χ4n) is 3.30. The first-order valence-electron chi connectivity index (χ1n) is 8.56. The lowest BCUT2D eigenvalue weighted by molar-refractivity contribution is -0.137. The van der Waals surface area contributed by atoms with Crippen LogP contribution in [0.25, 0.3) is 0 Å². The molecule has 0 heterocycles. The summed E-state index contributed by atoms with van der Waals surface area (Å²) in [7, 11) is 0. The second kappa shape index (κ2) is 8.20. The van der Waals surface area contributed by atoms with Gasteiger partial charge >= 0.3 is 6.18 Å². The molecule has 0 amide bonds. The molecule has 0 radical (unpaired) electrons. The third-order valence-corrected chi connectivity index (χ3v) is 5.76. The first-order chi connectivity index (χ1) is 12.5. The highest BCUT2D eigenvalue weighted by Gasteiger charge is 2.30. The number of rotatable bonds is 5. The van der Waals surface area contributed by atoms with Crippen molar-refractivity contribution < 1.29 is 13.2 Å². The van der Waals surface area contributed by atoms with Gasteiger partial charge in [0.15, 0.2) is 0 Å². The van der Waals surface area contributed by atoms with Gasteiger partial charge in [-0.1, -0.05) is 30.2 Å². The lowest BCUT2D eigenvalue weighted by Crippen LogP contribution is -2.25. The van der Waals surface area contributed by atoms with E-state index < -0.39 is 11.7 Å². The zero-order valence-corrected chi connectivity index (χ0v) is 15.1. The van der Waals surface area contributed by atoms with E-state index >= 15 is 0 Å². The van der Waals surface area contributed by atoms with Gasteiger partial charge in [-0.15, -0.1) is 18.2 Å². The highest BCUT2D eigenvalue weighted by atomic mass is 32.2. The Morgan fingerprint density at radius 3 is 2.62 bits per heavy atom. The van der Waals surface area contributed by atoms with Gasteiger partial charge in [-0.25, -0.2) is 0 Å². The number of hydrogen-bond acceptors (Lipinski definition) is 2. The minimum absolute atomic E-state index is 0.279. The van der Waals surface area contributed by atoms with E-state index in [1.165, 1.54) is 16.0 Å². The summed E-state index contributed by atoms with van der Waals surface area (Å²) in [5, 5.41) is 3.40. The van der Waals surface area contributed by atoms with Crippen molar-refractivity contribution in [2.75, 3.05) is 6.54 Å². The van der Waals surface area contributed by atoms with Crippen molar-refractivity contribution in [3.05, 3.63) is 64.7 Å². The number of fused-ring (bicyclic) bond motifs is 1. The molecule has 26 heavy (non-hydrogen) atoms. The molecule has 1 N–H and O–H groups in total. The molecule has 2 aromatic rings. The first-order valence-corrected chi connectivity index (χ1v) is 9.55. The van der Waals surface area contributed by atoms with Crippen molar-refractivity contribution in [3.63, 3.8) is 0 Å². The van der Waals surface area contributed by atoms with Crippen molar-refractivity contribution in [1.29, 1.82) is 0 Å². The van der Waals surface area contributed by atoms with E-state index in [4.69, 9.17) is 6.42 Å². The van der Waals surface area contributed by atoms with E-state index in [9.17, 15) is 13.2 Å². The lowest BCUT2D eigenvalue weighted by atomic mass is 9.87. The second-order valence-electron chi connectivity index (χ2n) is 6.34. The van der Waals surface area contributed by atoms with Crippen LogP contribution in [-0.4, -0.2) is 6.54 Å². The number of hydrogen-bond donors (Lipinski definition) is 1. The molecule has 0 fully saturated rings. The maximum Gasteiger partial charge on any atom is 0.416 e. The zero-order valence-electron chi connectivity index (χ0n) is 14.3. The molecule has 1 unspecified atom stereocenters. The number of nitrogens with one attached hydrogen (secondary N) is 1. The molecule has 3 rings (SSSR count). The van der Waals surface area contributed by atoms with Crippen LogP contribution in [-0.2, 0) is 18.3 Å². The molecule has 1 aliphatic rings. The van der Waals surface area contributed by atoms with Gasteiger partial charge in [0.25, 0.3) is 0 Å². The summed E-state index contributed by atoms with van der Waals surface area (Å²) >= 11 is 1.68. The largest absolute Gasteiger partial charge is 0.416 e. The Morgan fingerprint density at radius 2 is 1.92 bits per heavy atom.